The first kappa shape index (κ1) is 8.14. The Morgan fingerprint density at radius 1 is 1.42 bits per heavy atom. The van der Waals surface area contributed by atoms with Crippen LogP contribution in [0.5, 0.6) is 0 Å². The van der Waals surface area contributed by atoms with Crippen LogP contribution in [0.4, 0.5) is 0 Å². The van der Waals surface area contributed by atoms with Gasteiger partial charge in [0.25, 0.3) is 0 Å². The van der Waals surface area contributed by atoms with E-state index < -0.39 is 11.1 Å². The first-order chi connectivity index (χ1) is 5.75. The zero-order valence-corrected chi connectivity index (χ0v) is 6.12. The summed E-state index contributed by atoms with van der Waals surface area (Å²) in [7, 11) is 0. The summed E-state index contributed by atoms with van der Waals surface area (Å²) in [5, 5.41) is 18.6. The second-order valence-corrected chi connectivity index (χ2v) is 2.19. The molecule has 1 unspecified atom stereocenters. The first-order valence-corrected chi connectivity index (χ1v) is 3.28. The van der Waals surface area contributed by atoms with Crippen LogP contribution in [-0.2, 0) is 0 Å². The fourth-order valence-corrected chi connectivity index (χ4v) is 0.856. The third-order valence-electron chi connectivity index (χ3n) is 1.41. The zero-order valence-electron chi connectivity index (χ0n) is 6.12. The summed E-state index contributed by atoms with van der Waals surface area (Å²) in [6.45, 7) is 0. The van der Waals surface area contributed by atoms with Gasteiger partial charge in [-0.3, -0.25) is 10.1 Å². The van der Waals surface area contributed by atoms with Crippen LogP contribution >= 0.6 is 0 Å². The van der Waals surface area contributed by atoms with E-state index in [0.717, 1.165) is 0 Å². The molecule has 0 spiro atoms. The van der Waals surface area contributed by atoms with Crippen LogP contribution in [0.3, 0.4) is 0 Å². The van der Waals surface area contributed by atoms with Crippen molar-refractivity contribution in [3.05, 3.63) is 51.0 Å². The van der Waals surface area contributed by atoms with Crippen molar-refractivity contribution in [2.24, 2.45) is 0 Å². The van der Waals surface area contributed by atoms with Crippen molar-refractivity contribution in [1.29, 1.82) is 5.39 Å². The van der Waals surface area contributed by atoms with Crippen molar-refractivity contribution < 1.29 is 4.92 Å². The summed E-state index contributed by atoms with van der Waals surface area (Å²) in [5.74, 6) is 0. The Bertz CT molecular complexity index is 317. The van der Waals surface area contributed by atoms with Gasteiger partial charge in [-0.1, -0.05) is 18.2 Å². The maximum absolute atomic E-state index is 10.3. The highest BCUT2D eigenvalue weighted by Gasteiger charge is 2.34. The second-order valence-electron chi connectivity index (χ2n) is 2.19. The lowest BCUT2D eigenvalue weighted by molar-refractivity contribution is -0.516. The van der Waals surface area contributed by atoms with Crippen LogP contribution in [0.25, 0.3) is 4.98 Å². The van der Waals surface area contributed by atoms with Crippen molar-refractivity contribution in [1.82, 2.24) is 0 Å². The van der Waals surface area contributed by atoms with Gasteiger partial charge in [0.15, 0.2) is 0 Å². The largest absolute Gasteiger partial charge is 0.569 e. The molecule has 1 rings (SSSR count). The monoisotopic (exact) mass is 164 g/mol. The van der Waals surface area contributed by atoms with Gasteiger partial charge < -0.3 is 0 Å². The molecule has 0 aromatic heterocycles. The molecular formula is C7H6N3O2+. The maximum Gasteiger partial charge on any atom is 0.569 e. The predicted molar refractivity (Wildman–Crippen MR) is 41.3 cm³/mol. The molecule has 5 heteroatoms. The summed E-state index contributed by atoms with van der Waals surface area (Å²) < 4.78 is 0. The number of hydrogen-bond acceptors (Lipinski definition) is 3. The lowest BCUT2D eigenvalue weighted by Crippen LogP contribution is -2.05. The van der Waals surface area contributed by atoms with E-state index in [1.807, 2.05) is 0 Å². The Kier molecular flexibility index (Phi) is 2.33. The molecule has 0 bridgehead atoms. The van der Waals surface area contributed by atoms with Gasteiger partial charge in [0.05, 0.1) is 0 Å². The van der Waals surface area contributed by atoms with Gasteiger partial charge in [-0.15, -0.1) is 0 Å². The molecule has 0 radical (unpaired) electrons. The number of diazo groups is 1. The van der Waals surface area contributed by atoms with Crippen LogP contribution in [-0.4, -0.2) is 4.92 Å². The second kappa shape index (κ2) is 3.44. The summed E-state index contributed by atoms with van der Waals surface area (Å²) in [4.78, 5) is 12.3. The highest BCUT2D eigenvalue weighted by atomic mass is 16.6. The Balaban J connectivity index is 2.98. The third-order valence-corrected chi connectivity index (χ3v) is 1.41. The average molecular weight is 164 g/mol. The zero-order chi connectivity index (χ0) is 8.97. The summed E-state index contributed by atoms with van der Waals surface area (Å²) in [5.41, 5.74) is 0.366. The normalized spacial score (nSPS) is 11.6. The Morgan fingerprint density at radius 3 is 2.42 bits per heavy atom. The average Bonchev–Trinajstić information content (AvgIpc) is 2.07. The molecule has 0 heterocycles. The molecule has 0 aliphatic carbocycles. The Labute approximate surface area is 68.4 Å². The van der Waals surface area contributed by atoms with Crippen molar-refractivity contribution in [3.8, 4) is 0 Å². The highest BCUT2D eigenvalue weighted by Crippen LogP contribution is 2.16. The summed E-state index contributed by atoms with van der Waals surface area (Å²) >= 11 is 0. The molecule has 0 aliphatic rings. The van der Waals surface area contributed by atoms with Crippen LogP contribution in [0, 0.1) is 15.5 Å². The molecule has 5 nitrogen and oxygen atoms in total. The van der Waals surface area contributed by atoms with E-state index in [4.69, 9.17) is 5.39 Å². The van der Waals surface area contributed by atoms with Crippen LogP contribution in [0.2, 0.25) is 0 Å². The molecule has 60 valence electrons. The quantitative estimate of drug-likeness (QED) is 0.380. The van der Waals surface area contributed by atoms with E-state index in [1.54, 1.807) is 18.2 Å². The lowest BCUT2D eigenvalue weighted by atomic mass is 10.2. The van der Waals surface area contributed by atoms with Crippen molar-refractivity contribution in [2.45, 2.75) is 6.17 Å². The van der Waals surface area contributed by atoms with Gasteiger partial charge in [0.2, 0.25) is 10.4 Å². The van der Waals surface area contributed by atoms with Crippen molar-refractivity contribution >= 4 is 0 Å². The smallest absolute Gasteiger partial charge is 0.257 e. The van der Waals surface area contributed by atoms with Gasteiger partial charge in [-0.05, 0) is 12.1 Å². The molecule has 1 aromatic rings. The number of rotatable bonds is 2. The summed E-state index contributed by atoms with van der Waals surface area (Å²) in [6.07, 6.45) is -1.37. The fraction of sp³-hybridized carbons (Fsp3) is 0.143. The predicted octanol–water partition coefficient (Wildman–Crippen LogP) is 1.81. The minimum atomic E-state index is -1.37. The van der Waals surface area contributed by atoms with E-state index in [-0.39, 0.29) is 0 Å². The van der Waals surface area contributed by atoms with Crippen molar-refractivity contribution in [3.63, 3.8) is 0 Å². The van der Waals surface area contributed by atoms with E-state index in [9.17, 15) is 10.1 Å². The minimum Gasteiger partial charge on any atom is -0.257 e. The molecule has 0 N–H and O–H groups in total. The topological polar surface area (TPSA) is 71.3 Å². The van der Waals surface area contributed by atoms with Crippen LogP contribution < -0.4 is 0 Å². The molecule has 0 fully saturated rings. The molecule has 0 saturated carbocycles. The Morgan fingerprint density at radius 2 is 2.00 bits per heavy atom. The lowest BCUT2D eigenvalue weighted by Gasteiger charge is -1.90. The number of hydrogen-bond donors (Lipinski definition) is 0. The van der Waals surface area contributed by atoms with Gasteiger partial charge in [-0.25, -0.2) is 0 Å². The minimum absolute atomic E-state index is 0.366. The Hall–Kier alpha value is -1.96. The van der Waals surface area contributed by atoms with Crippen LogP contribution in [0.15, 0.2) is 30.3 Å². The molecule has 0 saturated heterocycles. The van der Waals surface area contributed by atoms with Crippen LogP contribution in [0.1, 0.15) is 11.7 Å². The van der Waals surface area contributed by atoms with E-state index >= 15 is 0 Å². The fourth-order valence-electron chi connectivity index (χ4n) is 0.856. The van der Waals surface area contributed by atoms with Gasteiger partial charge >= 0.3 is 6.17 Å². The number of benzene rings is 1. The molecule has 12 heavy (non-hydrogen) atoms. The molecule has 0 amide bonds. The third kappa shape index (κ3) is 1.55. The highest BCUT2D eigenvalue weighted by molar-refractivity contribution is 5.18. The SMILES string of the molecule is N#[N+]C(c1ccccc1)[N+](=O)[O-]. The molecule has 1 aromatic carbocycles. The van der Waals surface area contributed by atoms with Gasteiger partial charge in [0.1, 0.15) is 10.5 Å². The van der Waals surface area contributed by atoms with E-state index in [0.29, 0.717) is 5.56 Å². The van der Waals surface area contributed by atoms with E-state index in [1.165, 1.54) is 12.1 Å². The number of nitro groups is 1. The molecular weight excluding hydrogens is 158 g/mol. The maximum atomic E-state index is 10.3. The first-order valence-electron chi connectivity index (χ1n) is 3.28. The number of nitrogens with zero attached hydrogens (tertiary/aromatic N) is 3. The summed E-state index contributed by atoms with van der Waals surface area (Å²) in [6, 6.07) is 8.10. The van der Waals surface area contributed by atoms with Crippen molar-refractivity contribution in [2.75, 3.05) is 0 Å². The van der Waals surface area contributed by atoms with E-state index in [2.05, 4.69) is 4.98 Å². The standard InChI is InChI=1S/C7H6N3O2/c8-9-7(10(11)12)6-4-2-1-3-5-6/h1-5,7H/q+1. The molecule has 0 aliphatic heterocycles. The van der Waals surface area contributed by atoms with Gasteiger partial charge in [-0.2, -0.15) is 0 Å². The van der Waals surface area contributed by atoms with Gasteiger partial charge in [0, 0.05) is 0 Å². The molecule has 1 atom stereocenters.